The first-order chi connectivity index (χ1) is 14.4. The van der Waals surface area contributed by atoms with E-state index in [4.69, 9.17) is 37.4 Å². The van der Waals surface area contributed by atoms with Crippen molar-refractivity contribution < 1.29 is 24.1 Å². The molecule has 1 aromatic heterocycles. The van der Waals surface area contributed by atoms with E-state index in [0.717, 1.165) is 6.08 Å². The third-order valence-corrected chi connectivity index (χ3v) is 4.24. The number of aromatic nitrogens is 3. The molecule has 0 spiro atoms. The van der Waals surface area contributed by atoms with Gasteiger partial charge in [-0.3, -0.25) is 0 Å². The molecule has 0 unspecified atom stereocenters. The number of rotatable bonds is 7. The Bertz CT molecular complexity index is 1080. The van der Waals surface area contributed by atoms with Gasteiger partial charge < -0.3 is 19.3 Å². The molecule has 3 rings (SSSR count). The fourth-order valence-corrected chi connectivity index (χ4v) is 2.97. The molecule has 3 aromatic rings. The second kappa shape index (κ2) is 9.43. The average molecular weight is 448 g/mol. The van der Waals surface area contributed by atoms with Crippen LogP contribution in [0.3, 0.4) is 0 Å². The van der Waals surface area contributed by atoms with Crippen LogP contribution in [0.4, 0.5) is 0 Å². The van der Waals surface area contributed by atoms with E-state index >= 15 is 0 Å². The number of methoxy groups -OCH3 is 2. The molecule has 2 aromatic carbocycles. The summed E-state index contributed by atoms with van der Waals surface area (Å²) < 4.78 is 16.1. The van der Waals surface area contributed by atoms with E-state index in [1.165, 1.54) is 14.2 Å². The summed E-state index contributed by atoms with van der Waals surface area (Å²) in [5, 5.41) is 9.14. The smallest absolute Gasteiger partial charge is 0.328 e. The van der Waals surface area contributed by atoms with Gasteiger partial charge in [0, 0.05) is 6.08 Å². The number of carboxylic acids is 1. The van der Waals surface area contributed by atoms with E-state index in [0.29, 0.717) is 33.9 Å². The number of hydrogen-bond donors (Lipinski definition) is 1. The van der Waals surface area contributed by atoms with Crippen LogP contribution < -0.4 is 14.2 Å². The first kappa shape index (κ1) is 21.4. The van der Waals surface area contributed by atoms with Gasteiger partial charge in [0.25, 0.3) is 0 Å². The molecule has 1 heterocycles. The van der Waals surface area contributed by atoms with Gasteiger partial charge in [-0.25, -0.2) is 4.79 Å². The minimum Gasteiger partial charge on any atom is -0.493 e. The van der Waals surface area contributed by atoms with E-state index in [2.05, 4.69) is 15.0 Å². The molecule has 8 nitrogen and oxygen atoms in total. The molecule has 0 aliphatic heterocycles. The molecule has 1 N–H and O–H groups in total. The van der Waals surface area contributed by atoms with E-state index < -0.39 is 5.97 Å². The Morgan fingerprint density at radius 1 is 0.900 bits per heavy atom. The Labute approximate surface area is 181 Å². The van der Waals surface area contributed by atoms with Crippen molar-refractivity contribution in [2.75, 3.05) is 14.2 Å². The van der Waals surface area contributed by atoms with Gasteiger partial charge in [0.05, 0.1) is 14.2 Å². The van der Waals surface area contributed by atoms with Gasteiger partial charge in [-0.05, 0) is 64.2 Å². The van der Waals surface area contributed by atoms with Crippen molar-refractivity contribution in [2.45, 2.75) is 0 Å². The molecule has 0 aliphatic rings. The van der Waals surface area contributed by atoms with E-state index in [1.807, 2.05) is 0 Å². The van der Waals surface area contributed by atoms with Crippen LogP contribution in [0.5, 0.6) is 23.3 Å². The fraction of sp³-hybridized carbons (Fsp3) is 0.100. The van der Waals surface area contributed by atoms with E-state index in [9.17, 15) is 9.90 Å². The van der Waals surface area contributed by atoms with Crippen LogP contribution >= 0.6 is 23.2 Å². The molecule has 0 fully saturated rings. The summed E-state index contributed by atoms with van der Waals surface area (Å²) in [6.07, 6.45) is 1.11. The van der Waals surface area contributed by atoms with E-state index in [-0.39, 0.29) is 16.6 Å². The quantitative estimate of drug-likeness (QED) is 0.527. The Balaban J connectivity index is 1.93. The highest BCUT2D eigenvalue weighted by molar-refractivity contribution is 6.31. The summed E-state index contributed by atoms with van der Waals surface area (Å²) >= 11 is 11.5. The second-order valence-corrected chi connectivity index (χ2v) is 6.42. The third-order valence-electron chi connectivity index (χ3n) is 3.90. The highest BCUT2D eigenvalue weighted by Crippen LogP contribution is 2.33. The zero-order chi connectivity index (χ0) is 21.7. The lowest BCUT2D eigenvalue weighted by molar-refractivity contribution is -0.131. The number of ether oxygens (including phenoxy) is 3. The van der Waals surface area contributed by atoms with Crippen LogP contribution in [-0.4, -0.2) is 40.2 Å². The minimum absolute atomic E-state index is 0.0612. The minimum atomic E-state index is -1.09. The number of halogens is 2. The van der Waals surface area contributed by atoms with Crippen LogP contribution in [0.2, 0.25) is 10.6 Å². The maximum atomic E-state index is 11.4. The molecular weight excluding hydrogens is 433 g/mol. The lowest BCUT2D eigenvalue weighted by atomic mass is 9.97. The van der Waals surface area contributed by atoms with Crippen LogP contribution in [0.15, 0.2) is 48.5 Å². The Hall–Kier alpha value is -3.36. The summed E-state index contributed by atoms with van der Waals surface area (Å²) in [7, 11) is 3.03. The maximum Gasteiger partial charge on any atom is 0.328 e. The number of carbonyl (C=O) groups is 1. The number of aliphatic carboxylic acids is 1. The molecular formula is C20H15Cl2N3O5. The lowest BCUT2D eigenvalue weighted by Crippen LogP contribution is -1.98. The van der Waals surface area contributed by atoms with Gasteiger partial charge in [0.2, 0.25) is 10.6 Å². The van der Waals surface area contributed by atoms with Gasteiger partial charge in [-0.2, -0.15) is 15.0 Å². The summed E-state index contributed by atoms with van der Waals surface area (Å²) in [4.78, 5) is 22.7. The van der Waals surface area contributed by atoms with Gasteiger partial charge in [-0.15, -0.1) is 0 Å². The largest absolute Gasteiger partial charge is 0.493 e. The molecule has 0 aliphatic carbocycles. The molecule has 0 bridgehead atoms. The summed E-state index contributed by atoms with van der Waals surface area (Å²) in [6.45, 7) is 0. The molecule has 154 valence electrons. The molecule has 0 atom stereocenters. The standard InChI is InChI=1S/C20H15Cl2N3O5/c1-28-15-8-5-12(9-16(15)29-2)14(10-17(26)27)11-3-6-13(7-4-11)30-20-24-18(21)23-19(22)25-20/h3-10H,1-2H3,(H,26,27). The lowest BCUT2D eigenvalue weighted by Gasteiger charge is -2.13. The van der Waals surface area contributed by atoms with Crippen molar-refractivity contribution in [3.05, 3.63) is 70.2 Å². The van der Waals surface area contributed by atoms with Crippen LogP contribution in [0.25, 0.3) is 5.57 Å². The summed E-state index contributed by atoms with van der Waals surface area (Å²) in [5.41, 5.74) is 1.75. The van der Waals surface area contributed by atoms with Crippen molar-refractivity contribution in [2.24, 2.45) is 0 Å². The Morgan fingerprint density at radius 3 is 2.07 bits per heavy atom. The highest BCUT2D eigenvalue weighted by Gasteiger charge is 2.13. The van der Waals surface area contributed by atoms with Gasteiger partial charge in [0.1, 0.15) is 5.75 Å². The molecule has 0 saturated carbocycles. The number of nitrogens with zero attached hydrogens (tertiary/aromatic N) is 3. The zero-order valence-electron chi connectivity index (χ0n) is 15.8. The molecule has 30 heavy (non-hydrogen) atoms. The van der Waals surface area contributed by atoms with E-state index in [1.54, 1.807) is 42.5 Å². The first-order valence-electron chi connectivity index (χ1n) is 8.42. The van der Waals surface area contributed by atoms with Crippen molar-refractivity contribution in [1.82, 2.24) is 15.0 Å². The number of benzene rings is 2. The molecule has 0 amide bonds. The topological polar surface area (TPSA) is 104 Å². The fourth-order valence-electron chi connectivity index (χ4n) is 2.62. The number of hydrogen-bond acceptors (Lipinski definition) is 7. The number of carboxylic acid groups (broad SMARTS) is 1. The predicted octanol–water partition coefficient (Wildman–Crippen LogP) is 4.50. The van der Waals surface area contributed by atoms with Crippen molar-refractivity contribution >= 4 is 34.7 Å². The SMILES string of the molecule is COc1ccc(C(=CC(=O)O)c2ccc(Oc3nc(Cl)nc(Cl)n3)cc2)cc1OC. The normalized spacial score (nSPS) is 11.1. The van der Waals surface area contributed by atoms with Gasteiger partial charge in [0.15, 0.2) is 11.5 Å². The second-order valence-electron chi connectivity index (χ2n) is 5.75. The van der Waals surface area contributed by atoms with Crippen molar-refractivity contribution in [1.29, 1.82) is 0 Å². The average Bonchev–Trinajstić information content (AvgIpc) is 2.71. The van der Waals surface area contributed by atoms with Gasteiger partial charge >= 0.3 is 12.0 Å². The highest BCUT2D eigenvalue weighted by atomic mass is 35.5. The van der Waals surface area contributed by atoms with Gasteiger partial charge in [-0.1, -0.05) is 18.2 Å². The molecule has 10 heteroatoms. The maximum absolute atomic E-state index is 11.4. The third kappa shape index (κ3) is 5.16. The summed E-state index contributed by atoms with van der Waals surface area (Å²) in [5.74, 6) is 0.331. The monoisotopic (exact) mass is 447 g/mol. The van der Waals surface area contributed by atoms with Crippen LogP contribution in [0, 0.1) is 0 Å². The predicted molar refractivity (Wildman–Crippen MR) is 111 cm³/mol. The van der Waals surface area contributed by atoms with Crippen LogP contribution in [-0.2, 0) is 4.79 Å². The zero-order valence-corrected chi connectivity index (χ0v) is 17.3. The Morgan fingerprint density at radius 2 is 1.50 bits per heavy atom. The molecule has 0 radical (unpaired) electrons. The van der Waals surface area contributed by atoms with Crippen molar-refractivity contribution in [3.8, 4) is 23.3 Å². The first-order valence-corrected chi connectivity index (χ1v) is 9.17. The molecule has 0 saturated heterocycles. The Kier molecular flexibility index (Phi) is 6.71. The van der Waals surface area contributed by atoms with Crippen molar-refractivity contribution in [3.63, 3.8) is 0 Å². The van der Waals surface area contributed by atoms with Crippen LogP contribution in [0.1, 0.15) is 11.1 Å². The summed E-state index contributed by atoms with van der Waals surface area (Å²) in [6, 6.07) is 11.8.